The molecule has 3 aromatic rings. The Bertz CT molecular complexity index is 986. The van der Waals surface area contributed by atoms with Gasteiger partial charge in [-0.25, -0.2) is 0 Å². The number of hydrogen-bond acceptors (Lipinski definition) is 5. The van der Waals surface area contributed by atoms with E-state index in [9.17, 15) is 4.79 Å². The van der Waals surface area contributed by atoms with Crippen LogP contribution in [-0.2, 0) is 4.79 Å². The number of thioether (sulfide) groups is 1. The first-order chi connectivity index (χ1) is 13.6. The largest absolute Gasteiger partial charge is 0.310 e. The summed E-state index contributed by atoms with van der Waals surface area (Å²) in [5, 5.41) is 17.9. The fourth-order valence-electron chi connectivity index (χ4n) is 2.67. The van der Waals surface area contributed by atoms with E-state index in [1.165, 1.54) is 11.8 Å². The lowest BCUT2D eigenvalue weighted by molar-refractivity contribution is -0.117. The molecule has 3 rings (SSSR count). The predicted octanol–water partition coefficient (Wildman–Crippen LogP) is 4.35. The van der Waals surface area contributed by atoms with E-state index in [0.29, 0.717) is 16.7 Å². The molecule has 0 aliphatic heterocycles. The van der Waals surface area contributed by atoms with Crippen LogP contribution < -0.4 is 4.90 Å². The van der Waals surface area contributed by atoms with Gasteiger partial charge in [-0.1, -0.05) is 47.6 Å². The molecule has 1 unspecified atom stereocenters. The predicted molar refractivity (Wildman–Crippen MR) is 111 cm³/mol. The van der Waals surface area contributed by atoms with Crippen molar-refractivity contribution in [3.63, 3.8) is 0 Å². The Labute approximate surface area is 172 Å². The fraction of sp³-hybridized carbons (Fsp3) is 0.200. The summed E-state index contributed by atoms with van der Waals surface area (Å²) < 4.78 is 1.79. The Hall–Kier alpha value is -2.82. The van der Waals surface area contributed by atoms with E-state index in [0.717, 1.165) is 11.4 Å². The van der Waals surface area contributed by atoms with Crippen LogP contribution >= 0.6 is 23.4 Å². The average molecular weight is 412 g/mol. The van der Waals surface area contributed by atoms with E-state index in [4.69, 9.17) is 16.9 Å². The molecule has 1 amide bonds. The summed E-state index contributed by atoms with van der Waals surface area (Å²) >= 11 is 7.39. The smallest absolute Gasteiger partial charge is 0.240 e. The van der Waals surface area contributed by atoms with Gasteiger partial charge in [0.2, 0.25) is 5.91 Å². The second-order valence-electron chi connectivity index (χ2n) is 5.96. The molecule has 0 aliphatic rings. The third-order valence-electron chi connectivity index (χ3n) is 4.01. The van der Waals surface area contributed by atoms with Gasteiger partial charge in [0.15, 0.2) is 5.16 Å². The van der Waals surface area contributed by atoms with E-state index in [1.807, 2.05) is 55.5 Å². The summed E-state index contributed by atoms with van der Waals surface area (Å²) in [6.45, 7) is 2.16. The molecule has 8 heteroatoms. The Balaban J connectivity index is 1.80. The first-order valence-electron chi connectivity index (χ1n) is 8.66. The zero-order valence-electron chi connectivity index (χ0n) is 15.2. The van der Waals surface area contributed by atoms with Gasteiger partial charge in [-0.2, -0.15) is 5.26 Å². The average Bonchev–Trinajstić information content (AvgIpc) is 3.17. The quantitative estimate of drug-likeness (QED) is 0.540. The minimum atomic E-state index is -0.416. The molecule has 0 saturated carbocycles. The summed E-state index contributed by atoms with van der Waals surface area (Å²) in [4.78, 5) is 14.7. The standard InChI is InChI=1S/C20H18ClN5OS/c1-15(19(27)25(12-6-11-22)17-8-3-2-4-9-17)28-20-24-23-14-26(20)18-10-5-7-16(21)13-18/h2-5,7-10,13-15H,6,12H2,1H3. The molecule has 0 N–H and O–H groups in total. The van der Waals surface area contributed by atoms with Crippen LogP contribution in [0.3, 0.4) is 0 Å². The normalized spacial score (nSPS) is 11.6. The van der Waals surface area contributed by atoms with E-state index < -0.39 is 5.25 Å². The van der Waals surface area contributed by atoms with Crippen LogP contribution in [0.5, 0.6) is 0 Å². The number of halogens is 1. The number of benzene rings is 2. The van der Waals surface area contributed by atoms with Gasteiger partial charge < -0.3 is 4.90 Å². The number of rotatable bonds is 7. The molecule has 6 nitrogen and oxygen atoms in total. The molecule has 28 heavy (non-hydrogen) atoms. The molecule has 1 atom stereocenters. The number of hydrogen-bond donors (Lipinski definition) is 0. The van der Waals surface area contributed by atoms with Crippen LogP contribution in [0.1, 0.15) is 13.3 Å². The first-order valence-corrected chi connectivity index (χ1v) is 9.92. The highest BCUT2D eigenvalue weighted by atomic mass is 35.5. The van der Waals surface area contributed by atoms with Crippen molar-refractivity contribution in [1.29, 1.82) is 5.26 Å². The van der Waals surface area contributed by atoms with Crippen LogP contribution in [-0.4, -0.2) is 32.5 Å². The number of anilines is 1. The molecule has 2 aromatic carbocycles. The number of para-hydroxylation sites is 1. The van der Waals surface area contributed by atoms with Gasteiger partial charge in [0.25, 0.3) is 0 Å². The number of amides is 1. The van der Waals surface area contributed by atoms with Crippen LogP contribution in [0.4, 0.5) is 5.69 Å². The minimum absolute atomic E-state index is 0.0907. The maximum atomic E-state index is 13.1. The first kappa shape index (κ1) is 19.9. The van der Waals surface area contributed by atoms with Crippen LogP contribution in [0.2, 0.25) is 5.02 Å². The highest BCUT2D eigenvalue weighted by molar-refractivity contribution is 8.00. The molecular formula is C20H18ClN5OS. The van der Waals surface area contributed by atoms with Crippen LogP contribution in [0, 0.1) is 11.3 Å². The van der Waals surface area contributed by atoms with Crippen LogP contribution in [0.25, 0.3) is 5.69 Å². The summed E-state index contributed by atoms with van der Waals surface area (Å²) in [5.74, 6) is -0.0907. The summed E-state index contributed by atoms with van der Waals surface area (Å²) in [6.07, 6.45) is 1.85. The molecule has 0 bridgehead atoms. The van der Waals surface area contributed by atoms with Gasteiger partial charge in [0.1, 0.15) is 6.33 Å². The molecule has 0 saturated heterocycles. The second-order valence-corrected chi connectivity index (χ2v) is 7.70. The van der Waals surface area contributed by atoms with Gasteiger partial charge in [-0.3, -0.25) is 9.36 Å². The van der Waals surface area contributed by atoms with Crippen molar-refractivity contribution >= 4 is 35.0 Å². The molecule has 0 aliphatic carbocycles. The van der Waals surface area contributed by atoms with Crippen LogP contribution in [0.15, 0.2) is 66.1 Å². The fourth-order valence-corrected chi connectivity index (χ4v) is 3.76. The second kappa shape index (κ2) is 9.40. The van der Waals surface area contributed by atoms with Crippen molar-refractivity contribution in [2.45, 2.75) is 23.8 Å². The zero-order chi connectivity index (χ0) is 19.9. The molecule has 1 aromatic heterocycles. The van der Waals surface area contributed by atoms with E-state index in [-0.39, 0.29) is 12.3 Å². The zero-order valence-corrected chi connectivity index (χ0v) is 16.8. The van der Waals surface area contributed by atoms with Gasteiger partial charge >= 0.3 is 0 Å². The highest BCUT2D eigenvalue weighted by Gasteiger charge is 2.24. The maximum absolute atomic E-state index is 13.1. The Morgan fingerprint density at radius 3 is 2.79 bits per heavy atom. The number of aromatic nitrogens is 3. The maximum Gasteiger partial charge on any atom is 0.240 e. The Kier molecular flexibility index (Phi) is 6.69. The van der Waals surface area contributed by atoms with E-state index in [2.05, 4.69) is 16.3 Å². The SMILES string of the molecule is CC(Sc1nncn1-c1cccc(Cl)c1)C(=O)N(CCC#N)c1ccccc1. The molecule has 0 radical (unpaired) electrons. The Morgan fingerprint density at radius 1 is 1.29 bits per heavy atom. The summed E-state index contributed by atoms with van der Waals surface area (Å²) in [7, 11) is 0. The minimum Gasteiger partial charge on any atom is -0.310 e. The molecule has 1 heterocycles. The van der Waals surface area contributed by atoms with Gasteiger partial charge in [-0.15, -0.1) is 10.2 Å². The van der Waals surface area contributed by atoms with Gasteiger partial charge in [-0.05, 0) is 37.3 Å². The third kappa shape index (κ3) is 4.71. The number of carbonyl (C=O) groups excluding carboxylic acids is 1. The van der Waals surface area contributed by atoms with E-state index in [1.54, 1.807) is 21.9 Å². The van der Waals surface area contributed by atoms with Crippen molar-refractivity contribution in [3.8, 4) is 11.8 Å². The number of nitrogens with zero attached hydrogens (tertiary/aromatic N) is 5. The number of carbonyl (C=O) groups is 1. The van der Waals surface area contributed by atoms with Gasteiger partial charge in [0, 0.05) is 17.3 Å². The highest BCUT2D eigenvalue weighted by Crippen LogP contribution is 2.27. The molecule has 142 valence electrons. The van der Waals surface area contributed by atoms with Crippen molar-refractivity contribution in [2.75, 3.05) is 11.4 Å². The van der Waals surface area contributed by atoms with Crippen molar-refractivity contribution in [3.05, 3.63) is 65.9 Å². The van der Waals surface area contributed by atoms with Gasteiger partial charge in [0.05, 0.1) is 23.4 Å². The van der Waals surface area contributed by atoms with Crippen molar-refractivity contribution < 1.29 is 4.79 Å². The topological polar surface area (TPSA) is 74.8 Å². The lowest BCUT2D eigenvalue weighted by atomic mass is 10.2. The lowest BCUT2D eigenvalue weighted by Crippen LogP contribution is -2.37. The van der Waals surface area contributed by atoms with Crippen molar-refractivity contribution in [1.82, 2.24) is 14.8 Å². The summed E-state index contributed by atoms with van der Waals surface area (Å²) in [5.41, 5.74) is 1.59. The summed E-state index contributed by atoms with van der Waals surface area (Å²) in [6, 6.07) is 18.8. The Morgan fingerprint density at radius 2 is 2.07 bits per heavy atom. The number of nitriles is 1. The third-order valence-corrected chi connectivity index (χ3v) is 5.29. The lowest BCUT2D eigenvalue weighted by Gasteiger charge is -2.24. The monoisotopic (exact) mass is 411 g/mol. The van der Waals surface area contributed by atoms with E-state index >= 15 is 0 Å². The molecule has 0 fully saturated rings. The molecule has 0 spiro atoms. The van der Waals surface area contributed by atoms with Crippen molar-refractivity contribution in [2.24, 2.45) is 0 Å². The molecular weight excluding hydrogens is 394 g/mol.